The summed E-state index contributed by atoms with van der Waals surface area (Å²) in [4.78, 5) is 4.80. The number of nitrogens with two attached hydrogens (primary N) is 1. The van der Waals surface area contributed by atoms with Crippen LogP contribution in [0.15, 0.2) is 37.6 Å². The maximum absolute atomic E-state index is 12.5. The topological polar surface area (TPSA) is 76.3 Å². The summed E-state index contributed by atoms with van der Waals surface area (Å²) in [6, 6.07) is 3.34. The molecule has 5 nitrogen and oxygen atoms in total. The first-order valence-electron chi connectivity index (χ1n) is 5.41. The third-order valence-electron chi connectivity index (χ3n) is 2.54. The molecule has 0 bridgehead atoms. The molecule has 2 heterocycles. The van der Waals surface area contributed by atoms with Crippen molar-refractivity contribution in [2.24, 2.45) is 0 Å². The van der Waals surface area contributed by atoms with Gasteiger partial charge >= 0.3 is 0 Å². The summed E-state index contributed by atoms with van der Waals surface area (Å²) in [6.07, 6.45) is 1.46. The minimum absolute atomic E-state index is 0.00463. The van der Waals surface area contributed by atoms with Crippen LogP contribution in [-0.2, 0) is 16.6 Å². The van der Waals surface area contributed by atoms with Gasteiger partial charge in [-0.3, -0.25) is 0 Å². The van der Waals surface area contributed by atoms with Crippen molar-refractivity contribution in [1.29, 1.82) is 0 Å². The van der Waals surface area contributed by atoms with E-state index in [0.717, 1.165) is 9.35 Å². The average molecular weight is 441 g/mol. The van der Waals surface area contributed by atoms with Crippen molar-refractivity contribution in [2.75, 3.05) is 12.8 Å². The number of pyridine rings is 1. The van der Waals surface area contributed by atoms with Crippen LogP contribution in [0.25, 0.3) is 0 Å². The van der Waals surface area contributed by atoms with Gasteiger partial charge in [-0.25, -0.2) is 13.4 Å². The van der Waals surface area contributed by atoms with Gasteiger partial charge in [0.05, 0.1) is 0 Å². The standard InChI is InChI=1S/C11H11Br2N3O2S2/c1-16(5-9-2-8(13)6-19-9)20(17,18)10-3-7(12)4-15-11(10)14/h2-4,6H,5H2,1H3,(H2,14,15). The lowest BCUT2D eigenvalue weighted by Gasteiger charge is -2.17. The Morgan fingerprint density at radius 2 is 2.05 bits per heavy atom. The van der Waals surface area contributed by atoms with E-state index < -0.39 is 10.0 Å². The molecule has 0 saturated carbocycles. The molecule has 0 amide bonds. The zero-order valence-electron chi connectivity index (χ0n) is 10.4. The number of nitrogen functional groups attached to an aromatic ring is 1. The molecule has 2 N–H and O–H groups in total. The SMILES string of the molecule is CN(Cc1cc(Br)cs1)S(=O)(=O)c1cc(Br)cnc1N. The van der Waals surface area contributed by atoms with E-state index in [4.69, 9.17) is 5.73 Å². The second-order valence-electron chi connectivity index (χ2n) is 4.03. The molecule has 0 radical (unpaired) electrons. The van der Waals surface area contributed by atoms with Crippen LogP contribution in [0.2, 0.25) is 0 Å². The number of anilines is 1. The highest BCUT2D eigenvalue weighted by molar-refractivity contribution is 9.10. The Balaban J connectivity index is 2.32. The summed E-state index contributed by atoms with van der Waals surface area (Å²) in [7, 11) is -2.16. The molecular weight excluding hydrogens is 430 g/mol. The molecule has 0 atom stereocenters. The third-order valence-corrected chi connectivity index (χ3v) is 6.49. The molecule has 0 unspecified atom stereocenters. The molecule has 0 spiro atoms. The molecule has 0 aliphatic heterocycles. The zero-order valence-corrected chi connectivity index (χ0v) is 15.2. The molecule has 2 rings (SSSR count). The normalized spacial score (nSPS) is 12.0. The number of sulfonamides is 1. The van der Waals surface area contributed by atoms with Crippen molar-refractivity contribution < 1.29 is 8.42 Å². The van der Waals surface area contributed by atoms with Crippen molar-refractivity contribution in [3.05, 3.63) is 37.5 Å². The Hall–Kier alpha value is -0.480. The van der Waals surface area contributed by atoms with E-state index in [0.29, 0.717) is 4.47 Å². The van der Waals surface area contributed by atoms with E-state index in [1.54, 1.807) is 0 Å². The molecule has 0 saturated heterocycles. The Morgan fingerprint density at radius 1 is 1.35 bits per heavy atom. The number of hydrogen-bond donors (Lipinski definition) is 1. The lowest BCUT2D eigenvalue weighted by molar-refractivity contribution is 0.469. The molecule has 9 heteroatoms. The van der Waals surface area contributed by atoms with Crippen LogP contribution in [0.4, 0.5) is 5.82 Å². The van der Waals surface area contributed by atoms with Gasteiger partial charge in [0.1, 0.15) is 10.7 Å². The summed E-state index contributed by atoms with van der Waals surface area (Å²) in [6.45, 7) is 0.282. The zero-order chi connectivity index (χ0) is 14.9. The number of rotatable bonds is 4. The molecule has 2 aromatic rings. The fraction of sp³-hybridized carbons (Fsp3) is 0.182. The highest BCUT2D eigenvalue weighted by Gasteiger charge is 2.24. The maximum Gasteiger partial charge on any atom is 0.246 e. The lowest BCUT2D eigenvalue weighted by Crippen LogP contribution is -2.27. The fourth-order valence-corrected chi connectivity index (χ4v) is 4.85. The monoisotopic (exact) mass is 439 g/mol. The van der Waals surface area contributed by atoms with Crippen molar-refractivity contribution in [2.45, 2.75) is 11.4 Å². The van der Waals surface area contributed by atoms with Crippen LogP contribution >= 0.6 is 43.2 Å². The smallest absolute Gasteiger partial charge is 0.246 e. The van der Waals surface area contributed by atoms with Crippen LogP contribution in [-0.4, -0.2) is 24.8 Å². The van der Waals surface area contributed by atoms with Gasteiger partial charge in [-0.15, -0.1) is 11.3 Å². The predicted molar refractivity (Wildman–Crippen MR) is 87.0 cm³/mol. The Kier molecular flexibility index (Phi) is 4.85. The molecule has 0 aliphatic rings. The summed E-state index contributed by atoms with van der Waals surface area (Å²) < 4.78 is 27.7. The van der Waals surface area contributed by atoms with Crippen molar-refractivity contribution in [3.63, 3.8) is 0 Å². The number of nitrogens with zero attached hydrogens (tertiary/aromatic N) is 2. The third kappa shape index (κ3) is 3.40. The number of hydrogen-bond acceptors (Lipinski definition) is 5. The minimum Gasteiger partial charge on any atom is -0.383 e. The first kappa shape index (κ1) is 15.9. The van der Waals surface area contributed by atoms with Gasteiger partial charge in [-0.05, 0) is 44.0 Å². The summed E-state index contributed by atoms with van der Waals surface area (Å²) >= 11 is 8.04. The molecule has 20 heavy (non-hydrogen) atoms. The van der Waals surface area contributed by atoms with Crippen molar-refractivity contribution in [1.82, 2.24) is 9.29 Å². The van der Waals surface area contributed by atoms with E-state index in [9.17, 15) is 8.42 Å². The van der Waals surface area contributed by atoms with Crippen LogP contribution in [0.3, 0.4) is 0 Å². The summed E-state index contributed by atoms with van der Waals surface area (Å²) in [5, 5.41) is 1.91. The van der Waals surface area contributed by atoms with Gasteiger partial charge in [0.25, 0.3) is 0 Å². The van der Waals surface area contributed by atoms with Crippen LogP contribution in [0, 0.1) is 0 Å². The number of thiophene rings is 1. The predicted octanol–water partition coefficient (Wildman–Crippen LogP) is 3.07. The first-order valence-corrected chi connectivity index (χ1v) is 9.31. The second kappa shape index (κ2) is 6.10. The largest absolute Gasteiger partial charge is 0.383 e. The van der Waals surface area contributed by atoms with Gasteiger partial charge in [-0.2, -0.15) is 4.31 Å². The Labute approximate surface area is 138 Å². The summed E-state index contributed by atoms with van der Waals surface area (Å²) in [5.41, 5.74) is 5.67. The van der Waals surface area contributed by atoms with E-state index in [1.165, 1.54) is 35.0 Å². The highest BCUT2D eigenvalue weighted by atomic mass is 79.9. The van der Waals surface area contributed by atoms with Gasteiger partial charge < -0.3 is 5.73 Å². The van der Waals surface area contributed by atoms with Gasteiger partial charge in [0, 0.05) is 39.0 Å². The van der Waals surface area contributed by atoms with E-state index in [1.807, 2.05) is 11.4 Å². The molecule has 0 fully saturated rings. The molecule has 108 valence electrons. The van der Waals surface area contributed by atoms with Crippen LogP contribution < -0.4 is 5.73 Å². The molecule has 0 aliphatic carbocycles. The fourth-order valence-electron chi connectivity index (χ4n) is 1.55. The average Bonchev–Trinajstić information content (AvgIpc) is 2.77. The van der Waals surface area contributed by atoms with Gasteiger partial charge in [-0.1, -0.05) is 0 Å². The van der Waals surface area contributed by atoms with Crippen molar-refractivity contribution >= 4 is 59.0 Å². The minimum atomic E-state index is -3.67. The van der Waals surface area contributed by atoms with Crippen LogP contribution in [0.1, 0.15) is 4.88 Å². The summed E-state index contributed by atoms with van der Waals surface area (Å²) in [5.74, 6) is -0.00703. The first-order chi connectivity index (χ1) is 9.30. The van der Waals surface area contributed by atoms with Gasteiger partial charge in [0.15, 0.2) is 0 Å². The van der Waals surface area contributed by atoms with E-state index in [-0.39, 0.29) is 17.3 Å². The van der Waals surface area contributed by atoms with Gasteiger partial charge in [0.2, 0.25) is 10.0 Å². The van der Waals surface area contributed by atoms with Crippen molar-refractivity contribution in [3.8, 4) is 0 Å². The number of halogens is 2. The molecule has 2 aromatic heterocycles. The Bertz CT molecular complexity index is 731. The lowest BCUT2D eigenvalue weighted by atomic mass is 10.5. The second-order valence-corrected chi connectivity index (χ2v) is 8.87. The molecular formula is C11H11Br2N3O2S2. The van der Waals surface area contributed by atoms with E-state index in [2.05, 4.69) is 36.8 Å². The highest BCUT2D eigenvalue weighted by Crippen LogP contribution is 2.26. The van der Waals surface area contributed by atoms with Crippen LogP contribution in [0.5, 0.6) is 0 Å². The quantitative estimate of drug-likeness (QED) is 0.792. The maximum atomic E-state index is 12.5. The van der Waals surface area contributed by atoms with E-state index >= 15 is 0 Å². The molecule has 0 aromatic carbocycles. The Morgan fingerprint density at radius 3 is 2.65 bits per heavy atom. The number of aromatic nitrogens is 1.